The molecule has 0 saturated carbocycles. The maximum atomic E-state index is 5.51. The predicted molar refractivity (Wildman–Crippen MR) is 58.2 cm³/mol. The van der Waals surface area contributed by atoms with Crippen LogP contribution in [0.2, 0.25) is 0 Å². The Bertz CT molecular complexity index is 398. The van der Waals surface area contributed by atoms with Crippen molar-refractivity contribution in [2.75, 3.05) is 0 Å². The van der Waals surface area contributed by atoms with Crippen LogP contribution < -0.4 is 0 Å². The minimum absolute atomic E-state index is 0.524. The van der Waals surface area contributed by atoms with Gasteiger partial charge < -0.3 is 4.42 Å². The average Bonchev–Trinajstić information content (AvgIpc) is 2.68. The normalized spacial score (nSPS) is 10.8. The van der Waals surface area contributed by atoms with Crippen LogP contribution in [0.5, 0.6) is 0 Å². The molecule has 1 aromatic carbocycles. The summed E-state index contributed by atoms with van der Waals surface area (Å²) >= 11 is 0. The van der Waals surface area contributed by atoms with E-state index < -0.39 is 0 Å². The van der Waals surface area contributed by atoms with Gasteiger partial charge in [0, 0.05) is 5.56 Å². The van der Waals surface area contributed by atoms with E-state index in [2.05, 4.69) is 32.0 Å². The zero-order valence-electron chi connectivity index (χ0n) is 8.53. The lowest BCUT2D eigenvalue weighted by Gasteiger charge is -1.96. The van der Waals surface area contributed by atoms with E-state index in [0.29, 0.717) is 5.92 Å². The van der Waals surface area contributed by atoms with Crippen LogP contribution in [0.25, 0.3) is 11.3 Å². The second-order valence-electron chi connectivity index (χ2n) is 3.77. The van der Waals surface area contributed by atoms with Crippen LogP contribution in [0, 0.1) is 0 Å². The van der Waals surface area contributed by atoms with Gasteiger partial charge in [-0.25, -0.2) is 0 Å². The standard InChI is InChI=1S/C13H14O/c1-10(2)12-8-13(14-9-12)11-6-4-3-5-7-11/h3-10H,1-2H3. The van der Waals surface area contributed by atoms with Crippen molar-refractivity contribution in [2.24, 2.45) is 0 Å². The third-order valence-electron chi connectivity index (χ3n) is 2.34. The Balaban J connectivity index is 2.34. The summed E-state index contributed by atoms with van der Waals surface area (Å²) in [4.78, 5) is 0. The van der Waals surface area contributed by atoms with Crippen LogP contribution in [0.1, 0.15) is 25.3 Å². The van der Waals surface area contributed by atoms with Crippen molar-refractivity contribution in [3.63, 3.8) is 0 Å². The smallest absolute Gasteiger partial charge is 0.134 e. The molecule has 2 rings (SSSR count). The van der Waals surface area contributed by atoms with E-state index in [0.717, 1.165) is 11.3 Å². The number of rotatable bonds is 2. The van der Waals surface area contributed by atoms with Crippen molar-refractivity contribution in [1.29, 1.82) is 0 Å². The fraction of sp³-hybridized carbons (Fsp3) is 0.231. The van der Waals surface area contributed by atoms with Gasteiger partial charge in [0.1, 0.15) is 5.76 Å². The molecule has 0 saturated heterocycles. The minimum Gasteiger partial charge on any atom is -0.464 e. The number of furan rings is 1. The largest absolute Gasteiger partial charge is 0.464 e. The second kappa shape index (κ2) is 3.70. The van der Waals surface area contributed by atoms with E-state index in [1.807, 2.05) is 24.5 Å². The molecular weight excluding hydrogens is 172 g/mol. The third-order valence-corrected chi connectivity index (χ3v) is 2.34. The monoisotopic (exact) mass is 186 g/mol. The van der Waals surface area contributed by atoms with Gasteiger partial charge in [-0.1, -0.05) is 44.2 Å². The average molecular weight is 186 g/mol. The van der Waals surface area contributed by atoms with E-state index in [1.54, 1.807) is 0 Å². The molecule has 72 valence electrons. The van der Waals surface area contributed by atoms with Crippen LogP contribution in [-0.2, 0) is 0 Å². The lowest BCUT2D eigenvalue weighted by atomic mass is 10.1. The first kappa shape index (κ1) is 9.07. The lowest BCUT2D eigenvalue weighted by Crippen LogP contribution is -1.80. The molecule has 1 aromatic heterocycles. The van der Waals surface area contributed by atoms with Crippen LogP contribution in [0.15, 0.2) is 47.1 Å². The Morgan fingerprint density at radius 1 is 1.07 bits per heavy atom. The molecule has 14 heavy (non-hydrogen) atoms. The molecule has 0 amide bonds. The molecular formula is C13H14O. The van der Waals surface area contributed by atoms with Crippen molar-refractivity contribution >= 4 is 0 Å². The molecule has 1 heteroatoms. The zero-order chi connectivity index (χ0) is 9.97. The summed E-state index contributed by atoms with van der Waals surface area (Å²) in [5.74, 6) is 1.48. The highest BCUT2D eigenvalue weighted by Crippen LogP contribution is 2.25. The Kier molecular flexibility index (Phi) is 2.40. The van der Waals surface area contributed by atoms with Crippen LogP contribution in [-0.4, -0.2) is 0 Å². The predicted octanol–water partition coefficient (Wildman–Crippen LogP) is 4.07. The van der Waals surface area contributed by atoms with E-state index in [-0.39, 0.29) is 0 Å². The molecule has 0 atom stereocenters. The summed E-state index contributed by atoms with van der Waals surface area (Å²) in [5.41, 5.74) is 2.39. The maximum absolute atomic E-state index is 5.51. The number of benzene rings is 1. The summed E-state index contributed by atoms with van der Waals surface area (Å²) in [6, 6.07) is 12.3. The van der Waals surface area contributed by atoms with Gasteiger partial charge in [0.25, 0.3) is 0 Å². The molecule has 0 aliphatic carbocycles. The number of hydrogen-bond acceptors (Lipinski definition) is 1. The van der Waals surface area contributed by atoms with Gasteiger partial charge in [0.05, 0.1) is 6.26 Å². The summed E-state index contributed by atoms with van der Waals surface area (Å²) in [6.45, 7) is 4.33. The Labute approximate surface area is 84.4 Å². The van der Waals surface area contributed by atoms with E-state index >= 15 is 0 Å². The highest BCUT2D eigenvalue weighted by molar-refractivity contribution is 5.57. The Morgan fingerprint density at radius 3 is 2.36 bits per heavy atom. The first-order valence-corrected chi connectivity index (χ1v) is 4.91. The first-order chi connectivity index (χ1) is 6.77. The summed E-state index contributed by atoms with van der Waals surface area (Å²) in [6.07, 6.45) is 1.84. The quantitative estimate of drug-likeness (QED) is 0.689. The molecule has 0 N–H and O–H groups in total. The van der Waals surface area contributed by atoms with Gasteiger partial charge in [-0.15, -0.1) is 0 Å². The molecule has 0 unspecified atom stereocenters. The molecule has 1 nitrogen and oxygen atoms in total. The zero-order valence-corrected chi connectivity index (χ0v) is 8.53. The van der Waals surface area contributed by atoms with Gasteiger partial charge in [-0.05, 0) is 17.5 Å². The lowest BCUT2D eigenvalue weighted by molar-refractivity contribution is 0.576. The molecule has 2 aromatic rings. The first-order valence-electron chi connectivity index (χ1n) is 4.91. The highest BCUT2D eigenvalue weighted by atomic mass is 16.3. The van der Waals surface area contributed by atoms with Gasteiger partial charge >= 0.3 is 0 Å². The third kappa shape index (κ3) is 1.72. The van der Waals surface area contributed by atoms with Crippen LogP contribution >= 0.6 is 0 Å². The fourth-order valence-electron chi connectivity index (χ4n) is 1.41. The van der Waals surface area contributed by atoms with Gasteiger partial charge in [0.2, 0.25) is 0 Å². The number of hydrogen-bond donors (Lipinski definition) is 0. The summed E-state index contributed by atoms with van der Waals surface area (Å²) in [5, 5.41) is 0. The van der Waals surface area contributed by atoms with Crippen molar-refractivity contribution in [3.05, 3.63) is 48.2 Å². The van der Waals surface area contributed by atoms with Gasteiger partial charge in [-0.2, -0.15) is 0 Å². The molecule has 0 fully saturated rings. The molecule has 0 radical (unpaired) electrons. The van der Waals surface area contributed by atoms with Crippen molar-refractivity contribution < 1.29 is 4.42 Å². The molecule has 0 spiro atoms. The maximum Gasteiger partial charge on any atom is 0.134 e. The SMILES string of the molecule is CC(C)c1coc(-c2ccccc2)c1. The van der Waals surface area contributed by atoms with Gasteiger partial charge in [-0.3, -0.25) is 0 Å². The Morgan fingerprint density at radius 2 is 1.79 bits per heavy atom. The van der Waals surface area contributed by atoms with E-state index in [9.17, 15) is 0 Å². The topological polar surface area (TPSA) is 13.1 Å². The van der Waals surface area contributed by atoms with Crippen LogP contribution in [0.3, 0.4) is 0 Å². The van der Waals surface area contributed by atoms with Gasteiger partial charge in [0.15, 0.2) is 0 Å². The van der Waals surface area contributed by atoms with Crippen LogP contribution in [0.4, 0.5) is 0 Å². The summed E-state index contributed by atoms with van der Waals surface area (Å²) in [7, 11) is 0. The minimum atomic E-state index is 0.524. The van der Waals surface area contributed by atoms with Crippen molar-refractivity contribution in [3.8, 4) is 11.3 Å². The molecule has 0 aliphatic rings. The van der Waals surface area contributed by atoms with E-state index in [1.165, 1.54) is 5.56 Å². The molecule has 0 bridgehead atoms. The molecule has 1 heterocycles. The highest BCUT2D eigenvalue weighted by Gasteiger charge is 2.06. The summed E-state index contributed by atoms with van der Waals surface area (Å²) < 4.78 is 5.51. The molecule has 0 aliphatic heterocycles. The van der Waals surface area contributed by atoms with E-state index in [4.69, 9.17) is 4.42 Å². The second-order valence-corrected chi connectivity index (χ2v) is 3.77. The van der Waals surface area contributed by atoms with Crippen molar-refractivity contribution in [1.82, 2.24) is 0 Å². The fourth-order valence-corrected chi connectivity index (χ4v) is 1.41. The van der Waals surface area contributed by atoms with Crippen molar-refractivity contribution in [2.45, 2.75) is 19.8 Å². The Hall–Kier alpha value is -1.50.